The van der Waals surface area contributed by atoms with Crippen molar-refractivity contribution in [3.8, 4) is 0 Å². The van der Waals surface area contributed by atoms with Gasteiger partial charge in [-0.1, -0.05) is 35.9 Å². The van der Waals surface area contributed by atoms with Crippen molar-refractivity contribution in [3.63, 3.8) is 0 Å². The number of nitrogens with zero attached hydrogens (tertiary/aromatic N) is 3. The SMILES string of the molecule is Cc1ccc(C)c([C@@H]2CC(c3ccc(F)cc3)=NN2C(=O)CN2CCC3(CC2)OCCO3)c1. The number of hydrogen-bond acceptors (Lipinski definition) is 5. The number of carbonyl (C=O) groups excluding carboxylic acids is 1. The Balaban J connectivity index is 1.37. The second kappa shape index (κ2) is 8.97. The number of likely N-dealkylation sites (tertiary alicyclic amines) is 1. The van der Waals surface area contributed by atoms with Crippen molar-refractivity contribution >= 4 is 11.6 Å². The average molecular weight is 452 g/mol. The molecule has 6 nitrogen and oxygen atoms in total. The molecule has 0 aliphatic carbocycles. The molecule has 2 saturated heterocycles. The van der Waals surface area contributed by atoms with Gasteiger partial charge < -0.3 is 9.47 Å². The molecule has 33 heavy (non-hydrogen) atoms. The molecule has 0 N–H and O–H groups in total. The predicted octanol–water partition coefficient (Wildman–Crippen LogP) is 3.96. The van der Waals surface area contributed by atoms with Gasteiger partial charge in [0.25, 0.3) is 5.91 Å². The molecule has 0 unspecified atom stereocenters. The van der Waals surface area contributed by atoms with Crippen LogP contribution < -0.4 is 0 Å². The molecule has 1 amide bonds. The molecular weight excluding hydrogens is 421 g/mol. The van der Waals surface area contributed by atoms with Gasteiger partial charge in [-0.2, -0.15) is 5.10 Å². The van der Waals surface area contributed by atoms with E-state index in [1.807, 2.05) is 0 Å². The Morgan fingerprint density at radius 3 is 2.48 bits per heavy atom. The van der Waals surface area contributed by atoms with Crippen molar-refractivity contribution in [1.29, 1.82) is 0 Å². The van der Waals surface area contributed by atoms with Gasteiger partial charge in [-0.25, -0.2) is 9.40 Å². The van der Waals surface area contributed by atoms with Gasteiger partial charge in [0, 0.05) is 32.4 Å². The van der Waals surface area contributed by atoms with E-state index in [0.29, 0.717) is 26.2 Å². The fourth-order valence-corrected chi connectivity index (χ4v) is 5.02. The highest BCUT2D eigenvalue weighted by atomic mass is 19.1. The monoisotopic (exact) mass is 451 g/mol. The third kappa shape index (κ3) is 4.58. The summed E-state index contributed by atoms with van der Waals surface area (Å²) in [5, 5.41) is 6.40. The van der Waals surface area contributed by atoms with Crippen LogP contribution in [0.25, 0.3) is 0 Å². The van der Waals surface area contributed by atoms with E-state index in [1.165, 1.54) is 12.1 Å². The van der Waals surface area contributed by atoms with Crippen LogP contribution in [-0.2, 0) is 14.3 Å². The zero-order chi connectivity index (χ0) is 23.0. The number of aryl methyl sites for hydroxylation is 2. The molecule has 1 atom stereocenters. The van der Waals surface area contributed by atoms with Crippen LogP contribution in [0.5, 0.6) is 0 Å². The molecule has 1 spiro atoms. The molecule has 0 radical (unpaired) electrons. The van der Waals surface area contributed by atoms with E-state index in [9.17, 15) is 9.18 Å². The summed E-state index contributed by atoms with van der Waals surface area (Å²) in [5.41, 5.74) is 5.04. The third-order valence-electron chi connectivity index (χ3n) is 6.93. The Morgan fingerprint density at radius 1 is 1.09 bits per heavy atom. The summed E-state index contributed by atoms with van der Waals surface area (Å²) in [6.07, 6.45) is 2.14. The summed E-state index contributed by atoms with van der Waals surface area (Å²) in [6.45, 7) is 7.22. The second-order valence-electron chi connectivity index (χ2n) is 9.26. The van der Waals surface area contributed by atoms with Gasteiger partial charge in [-0.3, -0.25) is 9.69 Å². The summed E-state index contributed by atoms with van der Waals surface area (Å²) >= 11 is 0. The van der Waals surface area contributed by atoms with Gasteiger partial charge in [0.2, 0.25) is 0 Å². The molecule has 2 fully saturated rings. The van der Waals surface area contributed by atoms with Crippen LogP contribution in [0.1, 0.15) is 47.6 Å². The zero-order valence-corrected chi connectivity index (χ0v) is 19.2. The molecule has 2 aromatic rings. The number of amides is 1. The minimum Gasteiger partial charge on any atom is -0.347 e. The van der Waals surface area contributed by atoms with Gasteiger partial charge in [-0.05, 0) is 42.7 Å². The molecule has 174 valence electrons. The van der Waals surface area contributed by atoms with Crippen molar-refractivity contribution in [1.82, 2.24) is 9.91 Å². The van der Waals surface area contributed by atoms with Crippen LogP contribution in [0.2, 0.25) is 0 Å². The van der Waals surface area contributed by atoms with Crippen molar-refractivity contribution in [2.45, 2.75) is 44.9 Å². The molecule has 3 aliphatic rings. The van der Waals surface area contributed by atoms with Gasteiger partial charge in [0.15, 0.2) is 5.79 Å². The Labute approximate surface area is 194 Å². The van der Waals surface area contributed by atoms with Crippen molar-refractivity contribution in [2.24, 2.45) is 5.10 Å². The minimum atomic E-state index is -0.456. The lowest BCUT2D eigenvalue weighted by Gasteiger charge is -2.37. The topological polar surface area (TPSA) is 54.4 Å². The smallest absolute Gasteiger partial charge is 0.257 e. The molecule has 5 rings (SSSR count). The van der Waals surface area contributed by atoms with Gasteiger partial charge in [-0.15, -0.1) is 0 Å². The third-order valence-corrected chi connectivity index (χ3v) is 6.93. The lowest BCUT2D eigenvalue weighted by molar-refractivity contribution is -0.186. The van der Waals surface area contributed by atoms with Crippen molar-refractivity contribution in [3.05, 3.63) is 70.5 Å². The standard InChI is InChI=1S/C26H30FN3O3/c1-18-3-4-19(2)22(15-18)24-16-23(20-5-7-21(27)8-6-20)28-30(24)25(31)17-29-11-9-26(10-12-29)32-13-14-33-26/h3-8,15,24H,9-14,16-17H2,1-2H3/t24-/m0/s1. The number of carbonyl (C=O) groups is 1. The van der Waals surface area contributed by atoms with Crippen LogP contribution >= 0.6 is 0 Å². The van der Waals surface area contributed by atoms with E-state index in [4.69, 9.17) is 14.6 Å². The number of hydrogen-bond donors (Lipinski definition) is 0. The van der Waals surface area contributed by atoms with E-state index in [0.717, 1.165) is 53.9 Å². The average Bonchev–Trinajstić information content (AvgIpc) is 3.45. The van der Waals surface area contributed by atoms with Crippen LogP contribution in [0, 0.1) is 19.7 Å². The molecular formula is C26H30FN3O3. The van der Waals surface area contributed by atoms with Gasteiger partial charge in [0.1, 0.15) is 5.82 Å². The zero-order valence-electron chi connectivity index (χ0n) is 19.2. The summed E-state index contributed by atoms with van der Waals surface area (Å²) in [7, 11) is 0. The highest BCUT2D eigenvalue weighted by molar-refractivity contribution is 6.03. The molecule has 0 bridgehead atoms. The fourth-order valence-electron chi connectivity index (χ4n) is 5.02. The maximum absolute atomic E-state index is 13.5. The fraction of sp³-hybridized carbons (Fsp3) is 0.462. The quantitative estimate of drug-likeness (QED) is 0.706. The normalized spacial score (nSPS) is 22.7. The van der Waals surface area contributed by atoms with E-state index >= 15 is 0 Å². The summed E-state index contributed by atoms with van der Waals surface area (Å²) in [4.78, 5) is 15.6. The maximum Gasteiger partial charge on any atom is 0.257 e. The second-order valence-corrected chi connectivity index (χ2v) is 9.26. The highest BCUT2D eigenvalue weighted by Gasteiger charge is 2.41. The van der Waals surface area contributed by atoms with Crippen LogP contribution in [0.15, 0.2) is 47.6 Å². The first-order chi connectivity index (χ1) is 15.9. The first-order valence-electron chi connectivity index (χ1n) is 11.7. The molecule has 0 saturated carbocycles. The Morgan fingerprint density at radius 2 is 1.79 bits per heavy atom. The molecule has 3 heterocycles. The minimum absolute atomic E-state index is 0.0257. The van der Waals surface area contributed by atoms with Crippen LogP contribution in [-0.4, -0.2) is 60.2 Å². The Hall–Kier alpha value is -2.61. The van der Waals surface area contributed by atoms with Gasteiger partial charge >= 0.3 is 0 Å². The number of rotatable bonds is 4. The predicted molar refractivity (Wildman–Crippen MR) is 123 cm³/mol. The number of piperidine rings is 1. The number of hydrazone groups is 1. The van der Waals surface area contributed by atoms with E-state index in [2.05, 4.69) is 36.9 Å². The van der Waals surface area contributed by atoms with Crippen LogP contribution in [0.4, 0.5) is 4.39 Å². The van der Waals surface area contributed by atoms with E-state index in [1.54, 1.807) is 17.1 Å². The summed E-state index contributed by atoms with van der Waals surface area (Å²) < 4.78 is 25.1. The van der Waals surface area contributed by atoms with E-state index < -0.39 is 5.79 Å². The molecule has 0 aromatic heterocycles. The van der Waals surface area contributed by atoms with E-state index in [-0.39, 0.29) is 17.8 Å². The number of benzene rings is 2. The maximum atomic E-state index is 13.5. The Kier molecular flexibility index (Phi) is 6.03. The summed E-state index contributed by atoms with van der Waals surface area (Å²) in [6, 6.07) is 12.5. The number of ether oxygens (including phenoxy) is 2. The first kappa shape index (κ1) is 22.2. The van der Waals surface area contributed by atoms with Crippen LogP contribution in [0.3, 0.4) is 0 Å². The van der Waals surface area contributed by atoms with Gasteiger partial charge in [0.05, 0.1) is 31.5 Å². The number of halogens is 1. The largest absolute Gasteiger partial charge is 0.347 e. The highest BCUT2D eigenvalue weighted by Crippen LogP contribution is 2.36. The molecule has 2 aromatic carbocycles. The molecule has 7 heteroatoms. The molecule has 3 aliphatic heterocycles. The lowest BCUT2D eigenvalue weighted by Crippen LogP contribution is -2.48. The Bertz CT molecular complexity index is 1050. The summed E-state index contributed by atoms with van der Waals surface area (Å²) in [5.74, 6) is -0.765. The van der Waals surface area contributed by atoms with Crippen molar-refractivity contribution < 1.29 is 18.7 Å². The first-order valence-corrected chi connectivity index (χ1v) is 11.7. The lowest BCUT2D eigenvalue weighted by atomic mass is 9.94. The van der Waals surface area contributed by atoms with Crippen molar-refractivity contribution in [2.75, 3.05) is 32.8 Å².